The van der Waals surface area contributed by atoms with E-state index in [4.69, 9.17) is 4.74 Å². The third-order valence-corrected chi connectivity index (χ3v) is 4.35. The van der Waals surface area contributed by atoms with Gasteiger partial charge >= 0.3 is 0 Å². The lowest BCUT2D eigenvalue weighted by molar-refractivity contribution is -0.126. The molecule has 114 valence electrons. The van der Waals surface area contributed by atoms with Gasteiger partial charge in [0.1, 0.15) is 0 Å². The molecule has 1 atom stereocenters. The van der Waals surface area contributed by atoms with E-state index in [2.05, 4.69) is 21.3 Å². The Morgan fingerprint density at radius 1 is 1.33 bits per heavy atom. The minimum atomic E-state index is 0.0662. The first-order valence-electron chi connectivity index (χ1n) is 7.81. The van der Waals surface area contributed by atoms with E-state index in [0.29, 0.717) is 12.6 Å². The molecule has 0 radical (unpaired) electrons. The average Bonchev–Trinajstić information content (AvgIpc) is 3.05. The Morgan fingerprint density at radius 3 is 2.86 bits per heavy atom. The van der Waals surface area contributed by atoms with Crippen molar-refractivity contribution in [2.45, 2.75) is 31.8 Å². The van der Waals surface area contributed by atoms with E-state index in [1.165, 1.54) is 0 Å². The van der Waals surface area contributed by atoms with E-state index in [9.17, 15) is 4.79 Å². The number of likely N-dealkylation sites (tertiary alicyclic amines) is 1. The summed E-state index contributed by atoms with van der Waals surface area (Å²) in [5.74, 6) is 0.243. The first-order chi connectivity index (χ1) is 10.3. The first-order valence-corrected chi connectivity index (χ1v) is 7.81. The van der Waals surface area contributed by atoms with E-state index in [1.807, 2.05) is 18.3 Å². The summed E-state index contributed by atoms with van der Waals surface area (Å²) in [6.45, 7) is 4.24. The number of hydrogen-bond donors (Lipinski definition) is 1. The minimum absolute atomic E-state index is 0.0662. The molecule has 1 aromatic heterocycles. The number of nitrogens with one attached hydrogen (secondary N) is 1. The Kier molecular flexibility index (Phi) is 4.83. The van der Waals surface area contributed by atoms with Crippen molar-refractivity contribution >= 4 is 5.91 Å². The van der Waals surface area contributed by atoms with Gasteiger partial charge in [-0.3, -0.25) is 14.7 Å². The summed E-state index contributed by atoms with van der Waals surface area (Å²) in [4.78, 5) is 18.8. The van der Waals surface area contributed by atoms with Gasteiger partial charge < -0.3 is 10.1 Å². The molecule has 2 saturated heterocycles. The van der Waals surface area contributed by atoms with Gasteiger partial charge in [-0.25, -0.2) is 0 Å². The van der Waals surface area contributed by atoms with E-state index < -0.39 is 0 Å². The summed E-state index contributed by atoms with van der Waals surface area (Å²) in [5.41, 5.74) is 1.11. The van der Waals surface area contributed by atoms with Crippen LogP contribution in [0, 0.1) is 5.92 Å². The van der Waals surface area contributed by atoms with Crippen molar-refractivity contribution in [2.75, 3.05) is 26.3 Å². The molecule has 21 heavy (non-hydrogen) atoms. The van der Waals surface area contributed by atoms with Gasteiger partial charge in [-0.05, 0) is 31.4 Å². The molecule has 3 rings (SSSR count). The van der Waals surface area contributed by atoms with Crippen molar-refractivity contribution in [2.24, 2.45) is 5.92 Å². The highest BCUT2D eigenvalue weighted by Gasteiger charge is 2.27. The zero-order valence-corrected chi connectivity index (χ0v) is 12.3. The van der Waals surface area contributed by atoms with Gasteiger partial charge in [0.25, 0.3) is 0 Å². The molecule has 0 unspecified atom stereocenters. The largest absolute Gasteiger partial charge is 0.381 e. The predicted octanol–water partition coefficient (Wildman–Crippen LogP) is 1.20. The first kappa shape index (κ1) is 14.5. The van der Waals surface area contributed by atoms with Gasteiger partial charge in [-0.15, -0.1) is 0 Å². The van der Waals surface area contributed by atoms with Crippen LogP contribution in [0.5, 0.6) is 0 Å². The topological polar surface area (TPSA) is 54.5 Å². The SMILES string of the molecule is O=C(NC1CCN(Cc2ccccn2)CC1)[C@H]1CCOC1. The number of ether oxygens (including phenoxy) is 1. The van der Waals surface area contributed by atoms with Crippen molar-refractivity contribution in [1.29, 1.82) is 0 Å². The lowest BCUT2D eigenvalue weighted by Crippen LogP contribution is -2.46. The molecule has 1 N–H and O–H groups in total. The van der Waals surface area contributed by atoms with Crippen molar-refractivity contribution in [1.82, 2.24) is 15.2 Å². The second-order valence-electron chi connectivity index (χ2n) is 5.94. The van der Waals surface area contributed by atoms with Gasteiger partial charge in [0.2, 0.25) is 5.91 Å². The van der Waals surface area contributed by atoms with Crippen LogP contribution >= 0.6 is 0 Å². The normalized spacial score (nSPS) is 24.1. The third-order valence-electron chi connectivity index (χ3n) is 4.35. The lowest BCUT2D eigenvalue weighted by atomic mass is 10.0. The minimum Gasteiger partial charge on any atom is -0.381 e. The number of rotatable bonds is 4. The number of nitrogens with zero attached hydrogens (tertiary/aromatic N) is 2. The van der Waals surface area contributed by atoms with Gasteiger partial charge in [-0.1, -0.05) is 6.07 Å². The van der Waals surface area contributed by atoms with E-state index >= 15 is 0 Å². The molecule has 0 aromatic carbocycles. The number of carbonyl (C=O) groups is 1. The van der Waals surface area contributed by atoms with E-state index in [0.717, 1.165) is 51.2 Å². The van der Waals surface area contributed by atoms with Crippen LogP contribution in [0.2, 0.25) is 0 Å². The van der Waals surface area contributed by atoms with Crippen molar-refractivity contribution < 1.29 is 9.53 Å². The molecule has 5 nitrogen and oxygen atoms in total. The maximum Gasteiger partial charge on any atom is 0.225 e. The number of hydrogen-bond acceptors (Lipinski definition) is 4. The van der Waals surface area contributed by atoms with Crippen molar-refractivity contribution in [3.05, 3.63) is 30.1 Å². The fourth-order valence-electron chi connectivity index (χ4n) is 3.02. The molecule has 5 heteroatoms. The number of piperidine rings is 1. The smallest absolute Gasteiger partial charge is 0.225 e. The fraction of sp³-hybridized carbons (Fsp3) is 0.625. The highest BCUT2D eigenvalue weighted by Crippen LogP contribution is 2.16. The molecule has 1 aromatic rings. The van der Waals surface area contributed by atoms with Gasteiger partial charge in [-0.2, -0.15) is 0 Å². The summed E-state index contributed by atoms with van der Waals surface area (Å²) in [5, 5.41) is 3.18. The lowest BCUT2D eigenvalue weighted by Gasteiger charge is -2.32. The molecule has 0 spiro atoms. The summed E-state index contributed by atoms with van der Waals surface area (Å²) in [6, 6.07) is 6.35. The molecule has 2 fully saturated rings. The average molecular weight is 289 g/mol. The molecule has 2 aliphatic heterocycles. The summed E-state index contributed by atoms with van der Waals surface area (Å²) < 4.78 is 5.27. The molecule has 1 amide bonds. The highest BCUT2D eigenvalue weighted by molar-refractivity contribution is 5.79. The fourth-order valence-corrected chi connectivity index (χ4v) is 3.02. The monoisotopic (exact) mass is 289 g/mol. The quantitative estimate of drug-likeness (QED) is 0.905. The Balaban J connectivity index is 1.41. The van der Waals surface area contributed by atoms with Crippen molar-refractivity contribution in [3.63, 3.8) is 0 Å². The van der Waals surface area contributed by atoms with Gasteiger partial charge in [0.05, 0.1) is 18.2 Å². The second kappa shape index (κ2) is 7.00. The zero-order valence-electron chi connectivity index (χ0n) is 12.3. The maximum atomic E-state index is 12.1. The van der Waals surface area contributed by atoms with Crippen LogP contribution in [0.25, 0.3) is 0 Å². The molecule has 0 bridgehead atoms. The van der Waals surface area contributed by atoms with Crippen LogP contribution < -0.4 is 5.32 Å². The Morgan fingerprint density at radius 2 is 2.19 bits per heavy atom. The summed E-state index contributed by atoms with van der Waals surface area (Å²) >= 11 is 0. The number of amides is 1. The van der Waals surface area contributed by atoms with Crippen LogP contribution in [0.4, 0.5) is 0 Å². The maximum absolute atomic E-state index is 12.1. The highest BCUT2D eigenvalue weighted by atomic mass is 16.5. The predicted molar refractivity (Wildman–Crippen MR) is 79.6 cm³/mol. The van der Waals surface area contributed by atoms with Crippen LogP contribution in [-0.2, 0) is 16.1 Å². The van der Waals surface area contributed by atoms with Crippen LogP contribution in [0.15, 0.2) is 24.4 Å². The Bertz CT molecular complexity index is 452. The Labute approximate surface area is 125 Å². The van der Waals surface area contributed by atoms with Crippen LogP contribution in [0.1, 0.15) is 25.0 Å². The standard InChI is InChI=1S/C16H23N3O2/c20-16(13-6-10-21-12-13)18-14-4-8-19(9-5-14)11-15-3-1-2-7-17-15/h1-3,7,13-14H,4-6,8-12H2,(H,18,20)/t13-/m0/s1. The molecular weight excluding hydrogens is 266 g/mol. The van der Waals surface area contributed by atoms with Crippen LogP contribution in [-0.4, -0.2) is 48.1 Å². The number of carbonyl (C=O) groups excluding carboxylic acids is 1. The Hall–Kier alpha value is -1.46. The molecular formula is C16H23N3O2. The zero-order chi connectivity index (χ0) is 14.5. The molecule has 2 aliphatic rings. The number of pyridine rings is 1. The summed E-state index contributed by atoms with van der Waals surface area (Å²) in [6.07, 6.45) is 4.74. The summed E-state index contributed by atoms with van der Waals surface area (Å²) in [7, 11) is 0. The number of aromatic nitrogens is 1. The van der Waals surface area contributed by atoms with E-state index in [-0.39, 0.29) is 11.8 Å². The van der Waals surface area contributed by atoms with Crippen LogP contribution in [0.3, 0.4) is 0 Å². The molecule has 0 saturated carbocycles. The molecule has 3 heterocycles. The van der Waals surface area contributed by atoms with E-state index in [1.54, 1.807) is 0 Å². The molecule has 0 aliphatic carbocycles. The van der Waals surface area contributed by atoms with Crippen molar-refractivity contribution in [3.8, 4) is 0 Å². The van der Waals surface area contributed by atoms with Gasteiger partial charge in [0, 0.05) is 38.5 Å². The third kappa shape index (κ3) is 4.02. The second-order valence-corrected chi connectivity index (χ2v) is 5.94. The van der Waals surface area contributed by atoms with Gasteiger partial charge in [0.15, 0.2) is 0 Å².